The van der Waals surface area contributed by atoms with Crippen molar-refractivity contribution in [2.24, 2.45) is 0 Å². The molecule has 0 amide bonds. The quantitative estimate of drug-likeness (QED) is 0.758. The Kier molecular flexibility index (Phi) is 5.49. The smallest absolute Gasteiger partial charge is 0.338 e. The minimum absolute atomic E-state index is 0.341. The molecule has 0 aromatic heterocycles. The fourth-order valence-electron chi connectivity index (χ4n) is 1.87. The fraction of sp³-hybridized carbons (Fsp3) is 0.500. The third-order valence-corrected chi connectivity index (χ3v) is 2.78. The zero-order chi connectivity index (χ0) is 16.2. The molecule has 0 saturated heterocycles. The van der Waals surface area contributed by atoms with E-state index in [1.54, 1.807) is 64.0 Å². The standard InChI is InChI=1S/C16H23NO4/c1-16(2,3)21-15(20)12-8-6-11(7-9-12)13(14(18)19)10-17(4)5/h6-9,13H,10H2,1-5H3,(H,18,19)/p-1. The minimum atomic E-state index is -1.13. The maximum atomic E-state index is 11.9. The van der Waals surface area contributed by atoms with E-state index in [0.717, 1.165) is 0 Å². The first-order valence-corrected chi connectivity index (χ1v) is 6.79. The molecule has 0 spiro atoms. The lowest BCUT2D eigenvalue weighted by Crippen LogP contribution is -2.35. The molecule has 1 aromatic rings. The third-order valence-electron chi connectivity index (χ3n) is 2.78. The Morgan fingerprint density at radius 1 is 1.19 bits per heavy atom. The Bertz CT molecular complexity index is 500. The number of hydrogen-bond donors (Lipinski definition) is 0. The second kappa shape index (κ2) is 6.72. The van der Waals surface area contributed by atoms with Gasteiger partial charge >= 0.3 is 5.97 Å². The number of carboxylic acids is 1. The van der Waals surface area contributed by atoms with Crippen molar-refractivity contribution < 1.29 is 19.4 Å². The van der Waals surface area contributed by atoms with Crippen LogP contribution in [0.4, 0.5) is 0 Å². The maximum absolute atomic E-state index is 11.9. The maximum Gasteiger partial charge on any atom is 0.338 e. The highest BCUT2D eigenvalue weighted by atomic mass is 16.6. The van der Waals surface area contributed by atoms with Crippen LogP contribution in [0.2, 0.25) is 0 Å². The zero-order valence-electron chi connectivity index (χ0n) is 13.2. The van der Waals surface area contributed by atoms with Crippen LogP contribution < -0.4 is 5.11 Å². The number of aliphatic carboxylic acids is 1. The zero-order valence-corrected chi connectivity index (χ0v) is 13.2. The molecule has 0 aliphatic rings. The molecule has 0 fully saturated rings. The number of ether oxygens (including phenoxy) is 1. The van der Waals surface area contributed by atoms with Crippen LogP contribution in [-0.4, -0.2) is 43.1 Å². The van der Waals surface area contributed by atoms with E-state index in [2.05, 4.69) is 0 Å². The van der Waals surface area contributed by atoms with Crippen molar-refractivity contribution >= 4 is 11.9 Å². The van der Waals surface area contributed by atoms with Crippen molar-refractivity contribution in [3.05, 3.63) is 35.4 Å². The van der Waals surface area contributed by atoms with E-state index in [-0.39, 0.29) is 0 Å². The van der Waals surface area contributed by atoms with E-state index in [1.165, 1.54) is 0 Å². The van der Waals surface area contributed by atoms with E-state index in [0.29, 0.717) is 17.7 Å². The van der Waals surface area contributed by atoms with Gasteiger partial charge in [-0.05, 0) is 52.6 Å². The second-order valence-electron chi connectivity index (χ2n) is 6.26. The first kappa shape index (κ1) is 17.2. The molecule has 0 aliphatic heterocycles. The summed E-state index contributed by atoms with van der Waals surface area (Å²) in [6.45, 7) is 5.72. The van der Waals surface area contributed by atoms with Crippen LogP contribution in [0, 0.1) is 0 Å². The number of benzene rings is 1. The normalized spacial score (nSPS) is 13.0. The predicted molar refractivity (Wildman–Crippen MR) is 77.9 cm³/mol. The van der Waals surface area contributed by atoms with Crippen molar-refractivity contribution in [2.45, 2.75) is 32.3 Å². The lowest BCUT2D eigenvalue weighted by molar-refractivity contribution is -0.308. The molecule has 5 heteroatoms. The van der Waals surface area contributed by atoms with Gasteiger partial charge in [-0.3, -0.25) is 0 Å². The molecule has 1 aromatic carbocycles. The van der Waals surface area contributed by atoms with Crippen LogP contribution >= 0.6 is 0 Å². The highest BCUT2D eigenvalue weighted by molar-refractivity contribution is 5.89. The first-order chi connectivity index (χ1) is 9.60. The summed E-state index contributed by atoms with van der Waals surface area (Å²) in [5.74, 6) is -2.28. The van der Waals surface area contributed by atoms with Gasteiger partial charge in [0.1, 0.15) is 5.60 Å². The number of carbonyl (C=O) groups excluding carboxylic acids is 2. The SMILES string of the molecule is CN(C)CC(C(=O)[O-])c1ccc(C(=O)OC(C)(C)C)cc1. The van der Waals surface area contributed by atoms with E-state index >= 15 is 0 Å². The lowest BCUT2D eigenvalue weighted by atomic mass is 9.97. The molecular formula is C16H22NO4-. The summed E-state index contributed by atoms with van der Waals surface area (Å²) < 4.78 is 5.26. The van der Waals surface area contributed by atoms with Crippen molar-refractivity contribution in [1.29, 1.82) is 0 Å². The Hall–Kier alpha value is -1.88. The summed E-state index contributed by atoms with van der Waals surface area (Å²) in [5.41, 5.74) is 0.445. The third kappa shape index (κ3) is 5.55. The number of carbonyl (C=O) groups is 2. The Labute approximate surface area is 125 Å². The van der Waals surface area contributed by atoms with Crippen molar-refractivity contribution in [2.75, 3.05) is 20.6 Å². The molecule has 1 atom stereocenters. The highest BCUT2D eigenvalue weighted by Crippen LogP contribution is 2.18. The van der Waals surface area contributed by atoms with E-state index < -0.39 is 23.5 Å². The summed E-state index contributed by atoms with van der Waals surface area (Å²) in [5, 5.41) is 11.2. The summed E-state index contributed by atoms with van der Waals surface area (Å²) in [4.78, 5) is 24.9. The Morgan fingerprint density at radius 3 is 2.10 bits per heavy atom. The highest BCUT2D eigenvalue weighted by Gasteiger charge is 2.19. The van der Waals surface area contributed by atoms with Crippen LogP contribution in [0.5, 0.6) is 0 Å². The summed E-state index contributed by atoms with van der Waals surface area (Å²) in [7, 11) is 3.59. The Morgan fingerprint density at radius 2 is 1.71 bits per heavy atom. The number of likely N-dealkylation sites (N-methyl/N-ethyl adjacent to an activating group) is 1. The van der Waals surface area contributed by atoms with E-state index in [1.807, 2.05) is 0 Å². The molecule has 0 radical (unpaired) electrons. The molecule has 116 valence electrons. The van der Waals surface area contributed by atoms with Crippen molar-refractivity contribution in [1.82, 2.24) is 4.90 Å². The van der Waals surface area contributed by atoms with Gasteiger partial charge in [-0.2, -0.15) is 0 Å². The molecule has 1 rings (SSSR count). The predicted octanol–water partition coefficient (Wildman–Crippen LogP) is 1.04. The molecule has 0 aliphatic carbocycles. The molecule has 5 nitrogen and oxygen atoms in total. The van der Waals surface area contributed by atoms with Crippen molar-refractivity contribution in [3.8, 4) is 0 Å². The number of hydrogen-bond acceptors (Lipinski definition) is 5. The molecule has 21 heavy (non-hydrogen) atoms. The van der Waals surface area contributed by atoms with Gasteiger partial charge in [0.25, 0.3) is 0 Å². The van der Waals surface area contributed by atoms with Gasteiger partial charge in [0.15, 0.2) is 0 Å². The van der Waals surface area contributed by atoms with Gasteiger partial charge in [-0.15, -0.1) is 0 Å². The van der Waals surface area contributed by atoms with Crippen LogP contribution in [0.1, 0.15) is 42.6 Å². The van der Waals surface area contributed by atoms with Crippen LogP contribution in [-0.2, 0) is 9.53 Å². The number of esters is 1. The van der Waals surface area contributed by atoms with Gasteiger partial charge < -0.3 is 19.5 Å². The topological polar surface area (TPSA) is 69.7 Å². The average molecular weight is 292 g/mol. The molecule has 0 heterocycles. The lowest BCUT2D eigenvalue weighted by Gasteiger charge is -2.23. The minimum Gasteiger partial charge on any atom is -0.549 e. The summed E-state index contributed by atoms with van der Waals surface area (Å²) in [6.07, 6.45) is 0. The van der Waals surface area contributed by atoms with E-state index in [9.17, 15) is 14.7 Å². The van der Waals surface area contributed by atoms with Crippen LogP contribution in [0.25, 0.3) is 0 Å². The van der Waals surface area contributed by atoms with Crippen LogP contribution in [0.3, 0.4) is 0 Å². The van der Waals surface area contributed by atoms with Crippen LogP contribution in [0.15, 0.2) is 24.3 Å². The Balaban J connectivity index is 2.90. The molecular weight excluding hydrogens is 270 g/mol. The molecule has 0 saturated carbocycles. The van der Waals surface area contributed by atoms with Gasteiger partial charge in [0.2, 0.25) is 0 Å². The van der Waals surface area contributed by atoms with Gasteiger partial charge in [0, 0.05) is 12.5 Å². The molecule has 1 unspecified atom stereocenters. The largest absolute Gasteiger partial charge is 0.549 e. The molecule has 0 bridgehead atoms. The second-order valence-corrected chi connectivity index (χ2v) is 6.26. The monoisotopic (exact) mass is 292 g/mol. The van der Waals surface area contributed by atoms with Gasteiger partial charge in [0.05, 0.1) is 11.5 Å². The summed E-state index contributed by atoms with van der Waals surface area (Å²) in [6, 6.07) is 6.41. The van der Waals surface area contributed by atoms with Gasteiger partial charge in [-0.1, -0.05) is 12.1 Å². The number of nitrogens with zero attached hydrogens (tertiary/aromatic N) is 1. The average Bonchev–Trinajstić information content (AvgIpc) is 2.33. The molecule has 0 N–H and O–H groups in total. The van der Waals surface area contributed by atoms with E-state index in [4.69, 9.17) is 4.74 Å². The van der Waals surface area contributed by atoms with Gasteiger partial charge in [-0.25, -0.2) is 4.79 Å². The number of carboxylic acid groups (broad SMARTS) is 1. The number of rotatable bonds is 5. The first-order valence-electron chi connectivity index (χ1n) is 6.79. The summed E-state index contributed by atoms with van der Waals surface area (Å²) >= 11 is 0. The van der Waals surface area contributed by atoms with Crippen molar-refractivity contribution in [3.63, 3.8) is 0 Å². The fourth-order valence-corrected chi connectivity index (χ4v) is 1.87.